The lowest BCUT2D eigenvalue weighted by Crippen LogP contribution is -2.26. The quantitative estimate of drug-likeness (QED) is 0.690. The highest BCUT2D eigenvalue weighted by Crippen LogP contribution is 2.11. The molecular weight excluding hydrogens is 254 g/mol. The third kappa shape index (κ3) is 5.48. The van der Waals surface area contributed by atoms with Crippen molar-refractivity contribution >= 4 is 10.0 Å². The lowest BCUT2D eigenvalue weighted by molar-refractivity contribution is 0.287. The van der Waals surface area contributed by atoms with Crippen LogP contribution < -0.4 is 9.46 Å². The zero-order valence-electron chi connectivity index (χ0n) is 10.4. The molecule has 1 aromatic carbocycles. The van der Waals surface area contributed by atoms with Crippen molar-refractivity contribution in [2.24, 2.45) is 0 Å². The van der Waals surface area contributed by atoms with Gasteiger partial charge in [0.15, 0.2) is 0 Å². The highest BCUT2D eigenvalue weighted by Gasteiger charge is 2.09. The second-order valence-electron chi connectivity index (χ2n) is 3.92. The van der Waals surface area contributed by atoms with Gasteiger partial charge in [-0.1, -0.05) is 12.1 Å². The summed E-state index contributed by atoms with van der Waals surface area (Å²) in [6, 6.07) is 7.20. The van der Waals surface area contributed by atoms with E-state index in [1.807, 2.05) is 12.1 Å². The SMILES string of the molecule is COc1ccc(CNS(=O)(=O)CCCCO)cc1. The third-order valence-electron chi connectivity index (χ3n) is 2.48. The van der Waals surface area contributed by atoms with Crippen molar-refractivity contribution < 1.29 is 18.3 Å². The van der Waals surface area contributed by atoms with Crippen molar-refractivity contribution in [3.05, 3.63) is 29.8 Å². The van der Waals surface area contributed by atoms with Crippen LogP contribution in [0.5, 0.6) is 5.75 Å². The van der Waals surface area contributed by atoms with Crippen LogP contribution in [0.4, 0.5) is 0 Å². The molecule has 0 aromatic heterocycles. The average molecular weight is 273 g/mol. The van der Waals surface area contributed by atoms with Gasteiger partial charge in [0.05, 0.1) is 12.9 Å². The van der Waals surface area contributed by atoms with Crippen LogP contribution in [0.15, 0.2) is 24.3 Å². The number of hydrogen-bond donors (Lipinski definition) is 2. The molecule has 0 radical (unpaired) electrons. The van der Waals surface area contributed by atoms with Crippen molar-refractivity contribution in [1.29, 1.82) is 0 Å². The van der Waals surface area contributed by atoms with Crippen LogP contribution >= 0.6 is 0 Å². The minimum Gasteiger partial charge on any atom is -0.497 e. The molecule has 102 valence electrons. The van der Waals surface area contributed by atoms with Crippen LogP contribution in [0.3, 0.4) is 0 Å². The minimum absolute atomic E-state index is 0.0218. The molecule has 0 saturated carbocycles. The summed E-state index contributed by atoms with van der Waals surface area (Å²) in [7, 11) is -1.68. The summed E-state index contributed by atoms with van der Waals surface area (Å²) in [5, 5.41) is 8.59. The topological polar surface area (TPSA) is 75.6 Å². The molecule has 18 heavy (non-hydrogen) atoms. The van der Waals surface area contributed by atoms with E-state index in [0.29, 0.717) is 12.8 Å². The Balaban J connectivity index is 2.43. The second kappa shape index (κ2) is 7.35. The van der Waals surface area contributed by atoms with E-state index in [0.717, 1.165) is 11.3 Å². The van der Waals surface area contributed by atoms with Crippen molar-refractivity contribution in [3.63, 3.8) is 0 Å². The lowest BCUT2D eigenvalue weighted by atomic mass is 10.2. The number of ether oxygens (including phenoxy) is 1. The van der Waals surface area contributed by atoms with Gasteiger partial charge in [-0.2, -0.15) is 0 Å². The molecule has 0 aliphatic rings. The molecule has 0 aliphatic heterocycles. The van der Waals surface area contributed by atoms with Crippen LogP contribution in [0.2, 0.25) is 0 Å². The molecule has 0 amide bonds. The largest absolute Gasteiger partial charge is 0.497 e. The van der Waals surface area contributed by atoms with Crippen LogP contribution in [0, 0.1) is 0 Å². The summed E-state index contributed by atoms with van der Waals surface area (Å²) in [6.45, 7) is 0.291. The van der Waals surface area contributed by atoms with Gasteiger partial charge in [0.2, 0.25) is 10.0 Å². The summed E-state index contributed by atoms with van der Waals surface area (Å²) >= 11 is 0. The summed E-state index contributed by atoms with van der Waals surface area (Å²) in [5.41, 5.74) is 0.876. The number of methoxy groups -OCH3 is 1. The smallest absolute Gasteiger partial charge is 0.211 e. The number of unbranched alkanes of at least 4 members (excludes halogenated alkanes) is 1. The van der Waals surface area contributed by atoms with E-state index < -0.39 is 10.0 Å². The fraction of sp³-hybridized carbons (Fsp3) is 0.500. The van der Waals surface area contributed by atoms with E-state index in [-0.39, 0.29) is 18.9 Å². The van der Waals surface area contributed by atoms with Crippen LogP contribution in [0.25, 0.3) is 0 Å². The highest BCUT2D eigenvalue weighted by molar-refractivity contribution is 7.89. The maximum absolute atomic E-state index is 11.6. The van der Waals surface area contributed by atoms with Crippen molar-refractivity contribution in [3.8, 4) is 5.75 Å². The Labute approximate surface area is 108 Å². The second-order valence-corrected chi connectivity index (χ2v) is 5.85. The number of aliphatic hydroxyl groups excluding tert-OH is 1. The highest BCUT2D eigenvalue weighted by atomic mass is 32.2. The van der Waals surface area contributed by atoms with Gasteiger partial charge in [-0.15, -0.1) is 0 Å². The van der Waals surface area contributed by atoms with E-state index >= 15 is 0 Å². The normalized spacial score (nSPS) is 11.4. The molecule has 0 heterocycles. The van der Waals surface area contributed by atoms with Gasteiger partial charge in [0.1, 0.15) is 5.75 Å². The molecule has 2 N–H and O–H groups in total. The Bertz CT molecular complexity index is 442. The van der Waals surface area contributed by atoms with Gasteiger partial charge in [-0.05, 0) is 30.5 Å². The molecule has 6 heteroatoms. The number of hydrogen-bond acceptors (Lipinski definition) is 4. The molecule has 0 atom stereocenters. The van der Waals surface area contributed by atoms with Crippen LogP contribution in [-0.4, -0.2) is 33.0 Å². The van der Waals surface area contributed by atoms with E-state index in [1.54, 1.807) is 19.2 Å². The van der Waals surface area contributed by atoms with Crippen LogP contribution in [-0.2, 0) is 16.6 Å². The van der Waals surface area contributed by atoms with Gasteiger partial charge in [-0.3, -0.25) is 0 Å². The van der Waals surface area contributed by atoms with Gasteiger partial charge in [0.25, 0.3) is 0 Å². The molecule has 0 aliphatic carbocycles. The fourth-order valence-electron chi connectivity index (χ4n) is 1.41. The van der Waals surface area contributed by atoms with Gasteiger partial charge >= 0.3 is 0 Å². The maximum Gasteiger partial charge on any atom is 0.211 e. The molecule has 0 fully saturated rings. The number of sulfonamides is 1. The lowest BCUT2D eigenvalue weighted by Gasteiger charge is -2.07. The summed E-state index contributed by atoms with van der Waals surface area (Å²) in [6.07, 6.45) is 0.970. The average Bonchev–Trinajstić information content (AvgIpc) is 2.37. The molecule has 1 aromatic rings. The van der Waals surface area contributed by atoms with Crippen LogP contribution in [0.1, 0.15) is 18.4 Å². The van der Waals surface area contributed by atoms with E-state index in [2.05, 4.69) is 4.72 Å². The summed E-state index contributed by atoms with van der Waals surface area (Å²) < 4.78 is 30.7. The third-order valence-corrected chi connectivity index (χ3v) is 3.89. The monoisotopic (exact) mass is 273 g/mol. The van der Waals surface area contributed by atoms with Gasteiger partial charge in [0, 0.05) is 13.2 Å². The summed E-state index contributed by atoms with van der Waals surface area (Å²) in [4.78, 5) is 0. The summed E-state index contributed by atoms with van der Waals surface area (Å²) in [5.74, 6) is 0.786. The van der Waals surface area contributed by atoms with Crippen molar-refractivity contribution in [2.75, 3.05) is 19.5 Å². The number of benzene rings is 1. The van der Waals surface area contributed by atoms with Gasteiger partial charge in [-0.25, -0.2) is 13.1 Å². The molecule has 0 unspecified atom stereocenters. The Hall–Kier alpha value is -1.11. The number of aliphatic hydroxyl groups is 1. The minimum atomic E-state index is -3.26. The zero-order valence-corrected chi connectivity index (χ0v) is 11.2. The molecule has 1 rings (SSSR count). The molecule has 5 nitrogen and oxygen atoms in total. The van der Waals surface area contributed by atoms with E-state index in [4.69, 9.17) is 9.84 Å². The van der Waals surface area contributed by atoms with Crippen molar-refractivity contribution in [1.82, 2.24) is 4.72 Å². The molecular formula is C12H19NO4S. The maximum atomic E-state index is 11.6. The fourth-order valence-corrected chi connectivity index (χ4v) is 2.53. The molecule has 0 spiro atoms. The molecule has 0 saturated heterocycles. The predicted molar refractivity (Wildman–Crippen MR) is 69.9 cm³/mol. The Morgan fingerprint density at radius 2 is 1.89 bits per heavy atom. The zero-order chi connectivity index (χ0) is 13.4. The Morgan fingerprint density at radius 3 is 2.44 bits per heavy atom. The van der Waals surface area contributed by atoms with Crippen molar-refractivity contribution in [2.45, 2.75) is 19.4 Å². The first kappa shape index (κ1) is 14.9. The Kier molecular flexibility index (Phi) is 6.11. The standard InChI is InChI=1S/C12H19NO4S/c1-17-12-6-4-11(5-7-12)10-13-18(15,16)9-3-2-8-14/h4-7,13-14H,2-3,8-10H2,1H3. The number of nitrogens with one attached hydrogen (secondary N) is 1. The first-order valence-corrected chi connectivity index (χ1v) is 7.44. The van der Waals surface area contributed by atoms with Gasteiger partial charge < -0.3 is 9.84 Å². The predicted octanol–water partition coefficient (Wildman–Crippen LogP) is 0.887. The number of rotatable bonds is 8. The van der Waals surface area contributed by atoms with E-state index in [1.165, 1.54) is 0 Å². The first-order chi connectivity index (χ1) is 8.57. The molecule has 0 bridgehead atoms. The first-order valence-electron chi connectivity index (χ1n) is 5.78. The van der Waals surface area contributed by atoms with E-state index in [9.17, 15) is 8.42 Å². The Morgan fingerprint density at radius 1 is 1.22 bits per heavy atom.